The molecule has 0 saturated carbocycles. The van der Waals surface area contributed by atoms with Crippen LogP contribution in [0.15, 0.2) is 78.4 Å². The van der Waals surface area contributed by atoms with Gasteiger partial charge in [-0.25, -0.2) is 8.78 Å². The number of halogens is 2. The summed E-state index contributed by atoms with van der Waals surface area (Å²) in [5.41, 5.74) is 1.66. The molecule has 4 rings (SSSR count). The SMILES string of the molecule is O=C1NC(=S)N(c2ccc(F)cc2)C(=O)/C1=C\c1ccc(OCc2ccc(F)cc2)cc1. The summed E-state index contributed by atoms with van der Waals surface area (Å²) in [5, 5.41) is 2.41. The number of anilines is 1. The minimum absolute atomic E-state index is 0.0756. The Kier molecular flexibility index (Phi) is 6.04. The Labute approximate surface area is 187 Å². The number of rotatable bonds is 5. The highest BCUT2D eigenvalue weighted by Gasteiger charge is 2.34. The summed E-state index contributed by atoms with van der Waals surface area (Å²) in [6.07, 6.45) is 1.44. The van der Waals surface area contributed by atoms with Crippen molar-refractivity contribution in [3.63, 3.8) is 0 Å². The molecule has 0 bridgehead atoms. The van der Waals surface area contributed by atoms with E-state index in [1.54, 1.807) is 36.4 Å². The van der Waals surface area contributed by atoms with E-state index in [0.717, 1.165) is 10.5 Å². The number of thiocarbonyl (C=S) groups is 1. The average molecular weight is 450 g/mol. The molecule has 1 aliphatic heterocycles. The van der Waals surface area contributed by atoms with Gasteiger partial charge in [0.15, 0.2) is 5.11 Å². The van der Waals surface area contributed by atoms with Gasteiger partial charge in [-0.15, -0.1) is 0 Å². The molecule has 0 aromatic heterocycles. The van der Waals surface area contributed by atoms with E-state index < -0.39 is 17.6 Å². The van der Waals surface area contributed by atoms with Gasteiger partial charge in [0.25, 0.3) is 11.8 Å². The Morgan fingerprint density at radius 1 is 0.875 bits per heavy atom. The summed E-state index contributed by atoms with van der Waals surface area (Å²) in [4.78, 5) is 26.5. The first kappa shape index (κ1) is 21.3. The first-order valence-electron chi connectivity index (χ1n) is 9.55. The van der Waals surface area contributed by atoms with Crippen molar-refractivity contribution in [3.8, 4) is 5.75 Å². The van der Waals surface area contributed by atoms with Crippen LogP contribution in [0, 0.1) is 11.6 Å². The van der Waals surface area contributed by atoms with Crippen molar-refractivity contribution in [2.45, 2.75) is 6.61 Å². The van der Waals surface area contributed by atoms with Crippen molar-refractivity contribution in [2.24, 2.45) is 0 Å². The van der Waals surface area contributed by atoms with Crippen LogP contribution in [-0.2, 0) is 16.2 Å². The Balaban J connectivity index is 1.50. The molecule has 3 aromatic rings. The molecule has 1 N–H and O–H groups in total. The fourth-order valence-electron chi connectivity index (χ4n) is 3.06. The highest BCUT2D eigenvalue weighted by Crippen LogP contribution is 2.23. The van der Waals surface area contributed by atoms with Crippen molar-refractivity contribution in [1.29, 1.82) is 0 Å². The van der Waals surface area contributed by atoms with E-state index in [0.29, 0.717) is 17.0 Å². The van der Waals surface area contributed by atoms with Crippen LogP contribution >= 0.6 is 12.2 Å². The van der Waals surface area contributed by atoms with Crippen molar-refractivity contribution in [3.05, 3.63) is 101 Å². The molecule has 0 aliphatic carbocycles. The number of benzene rings is 3. The normalized spacial score (nSPS) is 15.1. The molecule has 1 heterocycles. The van der Waals surface area contributed by atoms with Crippen LogP contribution in [0.1, 0.15) is 11.1 Å². The molecule has 0 spiro atoms. The zero-order chi connectivity index (χ0) is 22.7. The first-order valence-corrected chi connectivity index (χ1v) is 9.96. The minimum atomic E-state index is -0.616. The van der Waals surface area contributed by atoms with Gasteiger partial charge in [-0.2, -0.15) is 0 Å². The average Bonchev–Trinajstić information content (AvgIpc) is 2.78. The monoisotopic (exact) mass is 450 g/mol. The summed E-state index contributed by atoms with van der Waals surface area (Å²) in [6, 6.07) is 18.0. The smallest absolute Gasteiger partial charge is 0.270 e. The van der Waals surface area contributed by atoms with Crippen LogP contribution in [0.3, 0.4) is 0 Å². The lowest BCUT2D eigenvalue weighted by Crippen LogP contribution is -2.54. The molecular weight excluding hydrogens is 434 g/mol. The van der Waals surface area contributed by atoms with Crippen molar-refractivity contribution in [2.75, 3.05) is 4.90 Å². The first-order chi connectivity index (χ1) is 15.4. The Morgan fingerprint density at radius 2 is 1.47 bits per heavy atom. The van der Waals surface area contributed by atoms with E-state index in [2.05, 4.69) is 5.32 Å². The third kappa shape index (κ3) is 4.70. The van der Waals surface area contributed by atoms with Crippen LogP contribution in [-0.4, -0.2) is 16.9 Å². The number of hydrogen-bond donors (Lipinski definition) is 1. The zero-order valence-corrected chi connectivity index (χ0v) is 17.4. The second-order valence-corrected chi connectivity index (χ2v) is 7.31. The molecule has 2 amide bonds. The predicted molar refractivity (Wildman–Crippen MR) is 120 cm³/mol. The fourth-order valence-corrected chi connectivity index (χ4v) is 3.34. The van der Waals surface area contributed by atoms with E-state index in [1.165, 1.54) is 42.5 Å². The van der Waals surface area contributed by atoms with Gasteiger partial charge in [0.1, 0.15) is 29.6 Å². The molecule has 1 fully saturated rings. The standard InChI is InChI=1S/C24H16F2N2O3S/c25-17-5-1-16(2-6-17)14-31-20-11-3-15(4-12-20)13-21-22(29)27-24(32)28(23(21)30)19-9-7-18(26)8-10-19/h1-13H,14H2,(H,27,29,32)/b21-13-. The van der Waals surface area contributed by atoms with E-state index in [4.69, 9.17) is 17.0 Å². The topological polar surface area (TPSA) is 58.6 Å². The predicted octanol–water partition coefficient (Wildman–Crippen LogP) is 4.38. The number of hydrogen-bond acceptors (Lipinski definition) is 4. The highest BCUT2D eigenvalue weighted by molar-refractivity contribution is 7.80. The lowest BCUT2D eigenvalue weighted by Gasteiger charge is -2.28. The molecule has 1 aliphatic rings. The molecule has 0 atom stereocenters. The van der Waals surface area contributed by atoms with Gasteiger partial charge in [-0.3, -0.25) is 19.8 Å². The summed E-state index contributed by atoms with van der Waals surface area (Å²) >= 11 is 5.12. The third-order valence-corrected chi connectivity index (χ3v) is 4.98. The van der Waals surface area contributed by atoms with Gasteiger partial charge >= 0.3 is 0 Å². The number of amides is 2. The van der Waals surface area contributed by atoms with Gasteiger partial charge in [0.05, 0.1) is 5.69 Å². The van der Waals surface area contributed by atoms with E-state index in [-0.39, 0.29) is 23.1 Å². The van der Waals surface area contributed by atoms with Crippen LogP contribution in [0.5, 0.6) is 5.75 Å². The molecule has 8 heteroatoms. The lowest BCUT2D eigenvalue weighted by atomic mass is 10.1. The van der Waals surface area contributed by atoms with E-state index >= 15 is 0 Å². The summed E-state index contributed by atoms with van der Waals surface area (Å²) < 4.78 is 31.9. The van der Waals surface area contributed by atoms with Gasteiger partial charge < -0.3 is 4.74 Å². The molecule has 0 unspecified atom stereocenters. The summed E-state index contributed by atoms with van der Waals surface area (Å²) in [5.74, 6) is -1.42. The number of carbonyl (C=O) groups is 2. The quantitative estimate of drug-likeness (QED) is 0.356. The summed E-state index contributed by atoms with van der Waals surface area (Å²) in [7, 11) is 0. The maximum absolute atomic E-state index is 13.2. The van der Waals surface area contributed by atoms with Gasteiger partial charge in [0, 0.05) is 0 Å². The number of nitrogens with zero attached hydrogens (tertiary/aromatic N) is 1. The number of carbonyl (C=O) groups excluding carboxylic acids is 2. The third-order valence-electron chi connectivity index (χ3n) is 4.70. The van der Waals surface area contributed by atoms with E-state index in [9.17, 15) is 18.4 Å². The Morgan fingerprint density at radius 3 is 2.09 bits per heavy atom. The molecular formula is C24H16F2N2O3S. The second-order valence-electron chi connectivity index (χ2n) is 6.92. The molecule has 0 radical (unpaired) electrons. The molecule has 1 saturated heterocycles. The maximum atomic E-state index is 13.2. The molecule has 160 valence electrons. The van der Waals surface area contributed by atoms with Crippen LogP contribution in [0.4, 0.5) is 14.5 Å². The molecule has 3 aromatic carbocycles. The van der Waals surface area contributed by atoms with Crippen LogP contribution in [0.2, 0.25) is 0 Å². The molecule has 5 nitrogen and oxygen atoms in total. The van der Waals surface area contributed by atoms with Crippen LogP contribution < -0.4 is 15.0 Å². The fraction of sp³-hybridized carbons (Fsp3) is 0.0417. The zero-order valence-electron chi connectivity index (χ0n) is 16.5. The Hall–Kier alpha value is -3.91. The van der Waals surface area contributed by atoms with Gasteiger partial charge in [0.2, 0.25) is 0 Å². The van der Waals surface area contributed by atoms with Crippen molar-refractivity contribution in [1.82, 2.24) is 5.32 Å². The van der Waals surface area contributed by atoms with Crippen LogP contribution in [0.25, 0.3) is 6.08 Å². The van der Waals surface area contributed by atoms with Gasteiger partial charge in [-0.1, -0.05) is 24.3 Å². The number of nitrogens with one attached hydrogen (secondary N) is 1. The summed E-state index contributed by atoms with van der Waals surface area (Å²) in [6.45, 7) is 0.270. The largest absolute Gasteiger partial charge is 0.489 e. The minimum Gasteiger partial charge on any atom is -0.489 e. The van der Waals surface area contributed by atoms with E-state index in [1.807, 2.05) is 0 Å². The Bertz CT molecular complexity index is 1210. The highest BCUT2D eigenvalue weighted by atomic mass is 32.1. The number of ether oxygens (including phenoxy) is 1. The maximum Gasteiger partial charge on any atom is 0.270 e. The second kappa shape index (κ2) is 9.07. The van der Waals surface area contributed by atoms with Crippen molar-refractivity contribution < 1.29 is 23.1 Å². The van der Waals surface area contributed by atoms with Crippen molar-refractivity contribution >= 4 is 40.9 Å². The molecule has 32 heavy (non-hydrogen) atoms. The van der Waals surface area contributed by atoms with Gasteiger partial charge in [-0.05, 0) is 78.0 Å². The lowest BCUT2D eigenvalue weighted by molar-refractivity contribution is -0.122.